The fourth-order valence-corrected chi connectivity index (χ4v) is 2.71. The van der Waals surface area contributed by atoms with Gasteiger partial charge in [-0.15, -0.1) is 0 Å². The van der Waals surface area contributed by atoms with Gasteiger partial charge in [-0.1, -0.05) is 0 Å². The molecule has 0 radical (unpaired) electrons. The average molecular weight is 239 g/mol. The van der Waals surface area contributed by atoms with Gasteiger partial charge >= 0.3 is 0 Å². The van der Waals surface area contributed by atoms with Crippen molar-refractivity contribution in [3.63, 3.8) is 0 Å². The van der Waals surface area contributed by atoms with Gasteiger partial charge in [0.05, 0.1) is 12.0 Å². The number of rotatable bonds is 2. The molecule has 2 aliphatic rings. The highest BCUT2D eigenvalue weighted by Gasteiger charge is 2.47. The highest BCUT2D eigenvalue weighted by Crippen LogP contribution is 2.37. The third kappa shape index (κ3) is 2.29. The van der Waals surface area contributed by atoms with Crippen LogP contribution >= 0.6 is 0 Å². The Labute approximate surface area is 102 Å². The molecule has 0 unspecified atom stereocenters. The van der Waals surface area contributed by atoms with Gasteiger partial charge in [0.1, 0.15) is 0 Å². The minimum atomic E-state index is -0.217. The van der Waals surface area contributed by atoms with Crippen molar-refractivity contribution in [1.82, 2.24) is 15.1 Å². The molecule has 0 aromatic rings. The van der Waals surface area contributed by atoms with Crippen LogP contribution in [0, 0.1) is 5.41 Å². The SMILES string of the molecule is CN(C)C(=O)CN1CC[C@]2(CCCNC2)C1=O. The molecular weight excluding hydrogens is 218 g/mol. The quantitative estimate of drug-likeness (QED) is 0.718. The Balaban J connectivity index is 1.99. The van der Waals surface area contributed by atoms with E-state index in [1.54, 1.807) is 19.0 Å². The van der Waals surface area contributed by atoms with Crippen LogP contribution in [0.15, 0.2) is 0 Å². The molecule has 1 atom stereocenters. The highest BCUT2D eigenvalue weighted by atomic mass is 16.2. The normalized spacial score (nSPS) is 28.8. The van der Waals surface area contributed by atoms with Gasteiger partial charge in [-0.25, -0.2) is 0 Å². The fraction of sp³-hybridized carbons (Fsp3) is 0.833. The summed E-state index contributed by atoms with van der Waals surface area (Å²) in [5, 5.41) is 3.30. The number of hydrogen-bond acceptors (Lipinski definition) is 3. The van der Waals surface area contributed by atoms with Crippen molar-refractivity contribution in [2.75, 3.05) is 40.3 Å². The number of piperidine rings is 1. The van der Waals surface area contributed by atoms with E-state index in [2.05, 4.69) is 5.32 Å². The molecule has 96 valence electrons. The third-order valence-corrected chi connectivity index (χ3v) is 3.90. The van der Waals surface area contributed by atoms with Crippen molar-refractivity contribution in [1.29, 1.82) is 0 Å². The molecule has 0 aromatic carbocycles. The van der Waals surface area contributed by atoms with Crippen molar-refractivity contribution in [3.05, 3.63) is 0 Å². The Morgan fingerprint density at radius 2 is 2.24 bits per heavy atom. The lowest BCUT2D eigenvalue weighted by atomic mass is 9.79. The summed E-state index contributed by atoms with van der Waals surface area (Å²) in [6.45, 7) is 2.73. The fourth-order valence-electron chi connectivity index (χ4n) is 2.71. The van der Waals surface area contributed by atoms with Crippen LogP contribution in [-0.4, -0.2) is 61.9 Å². The van der Waals surface area contributed by atoms with Crippen molar-refractivity contribution in [3.8, 4) is 0 Å². The van der Waals surface area contributed by atoms with Gasteiger partial charge < -0.3 is 15.1 Å². The van der Waals surface area contributed by atoms with E-state index in [4.69, 9.17) is 0 Å². The topological polar surface area (TPSA) is 52.7 Å². The van der Waals surface area contributed by atoms with Crippen LogP contribution in [0.5, 0.6) is 0 Å². The molecule has 0 aliphatic carbocycles. The summed E-state index contributed by atoms with van der Waals surface area (Å²) >= 11 is 0. The van der Waals surface area contributed by atoms with E-state index in [0.29, 0.717) is 0 Å². The van der Waals surface area contributed by atoms with E-state index >= 15 is 0 Å². The first-order valence-corrected chi connectivity index (χ1v) is 6.25. The Bertz CT molecular complexity index is 322. The summed E-state index contributed by atoms with van der Waals surface area (Å²) in [5.41, 5.74) is -0.217. The molecule has 1 N–H and O–H groups in total. The molecule has 0 saturated carbocycles. The van der Waals surface area contributed by atoms with E-state index in [1.165, 1.54) is 4.90 Å². The molecule has 0 bridgehead atoms. The molecular formula is C12H21N3O2. The van der Waals surface area contributed by atoms with Gasteiger partial charge in [0.2, 0.25) is 11.8 Å². The van der Waals surface area contributed by atoms with E-state index in [1.807, 2.05) is 0 Å². The number of nitrogens with one attached hydrogen (secondary N) is 1. The Morgan fingerprint density at radius 1 is 1.47 bits per heavy atom. The van der Waals surface area contributed by atoms with Gasteiger partial charge in [0.15, 0.2) is 0 Å². The molecule has 0 aromatic heterocycles. The van der Waals surface area contributed by atoms with Gasteiger partial charge in [-0.05, 0) is 25.8 Å². The summed E-state index contributed by atoms with van der Waals surface area (Å²) in [6.07, 6.45) is 2.91. The molecule has 2 aliphatic heterocycles. The predicted molar refractivity (Wildman–Crippen MR) is 64.4 cm³/mol. The summed E-state index contributed by atoms with van der Waals surface area (Å²) in [5.74, 6) is 0.166. The summed E-state index contributed by atoms with van der Waals surface area (Å²) < 4.78 is 0. The molecule has 2 fully saturated rings. The van der Waals surface area contributed by atoms with Gasteiger partial charge in [-0.2, -0.15) is 0 Å². The van der Waals surface area contributed by atoms with Crippen LogP contribution in [-0.2, 0) is 9.59 Å². The molecule has 5 nitrogen and oxygen atoms in total. The Morgan fingerprint density at radius 3 is 2.82 bits per heavy atom. The van der Waals surface area contributed by atoms with Gasteiger partial charge in [0.25, 0.3) is 0 Å². The second kappa shape index (κ2) is 4.64. The smallest absolute Gasteiger partial charge is 0.241 e. The number of amides is 2. The van der Waals surface area contributed by atoms with Crippen LogP contribution < -0.4 is 5.32 Å². The maximum absolute atomic E-state index is 12.4. The summed E-state index contributed by atoms with van der Waals surface area (Å²) in [4.78, 5) is 27.2. The van der Waals surface area contributed by atoms with E-state index in [0.717, 1.165) is 38.9 Å². The Hall–Kier alpha value is -1.10. The zero-order chi connectivity index (χ0) is 12.5. The molecule has 5 heteroatoms. The monoisotopic (exact) mass is 239 g/mol. The Kier molecular flexibility index (Phi) is 3.38. The number of likely N-dealkylation sites (N-methyl/N-ethyl adjacent to an activating group) is 1. The minimum Gasteiger partial charge on any atom is -0.347 e. The maximum atomic E-state index is 12.4. The zero-order valence-corrected chi connectivity index (χ0v) is 10.7. The first-order valence-electron chi connectivity index (χ1n) is 6.25. The molecule has 1 spiro atoms. The van der Waals surface area contributed by atoms with E-state index in [-0.39, 0.29) is 23.8 Å². The van der Waals surface area contributed by atoms with E-state index in [9.17, 15) is 9.59 Å². The lowest BCUT2D eigenvalue weighted by Crippen LogP contribution is -2.47. The van der Waals surface area contributed by atoms with Gasteiger partial charge in [0, 0.05) is 27.2 Å². The van der Waals surface area contributed by atoms with Crippen molar-refractivity contribution in [2.45, 2.75) is 19.3 Å². The lowest BCUT2D eigenvalue weighted by Gasteiger charge is -2.32. The molecule has 2 saturated heterocycles. The standard InChI is InChI=1S/C12H21N3O2/c1-14(2)10(16)8-15-7-5-12(11(15)17)4-3-6-13-9-12/h13H,3-9H2,1-2H3/t12-/m0/s1. The second-order valence-corrected chi connectivity index (χ2v) is 5.33. The molecule has 2 amide bonds. The van der Waals surface area contributed by atoms with Crippen LogP contribution in [0.2, 0.25) is 0 Å². The number of hydrogen-bond donors (Lipinski definition) is 1. The summed E-state index contributed by atoms with van der Waals surface area (Å²) in [7, 11) is 3.45. The molecule has 2 heterocycles. The first kappa shape index (κ1) is 12.4. The maximum Gasteiger partial charge on any atom is 0.241 e. The van der Waals surface area contributed by atoms with Crippen LogP contribution in [0.1, 0.15) is 19.3 Å². The highest BCUT2D eigenvalue weighted by molar-refractivity contribution is 5.89. The number of carbonyl (C=O) groups is 2. The van der Waals surface area contributed by atoms with Gasteiger partial charge in [-0.3, -0.25) is 9.59 Å². The average Bonchev–Trinajstić information content (AvgIpc) is 2.60. The third-order valence-electron chi connectivity index (χ3n) is 3.90. The predicted octanol–water partition coefficient (Wildman–Crippen LogP) is -0.323. The number of carbonyl (C=O) groups excluding carboxylic acids is 2. The van der Waals surface area contributed by atoms with Crippen molar-refractivity contribution < 1.29 is 9.59 Å². The second-order valence-electron chi connectivity index (χ2n) is 5.33. The summed E-state index contributed by atoms with van der Waals surface area (Å²) in [6, 6.07) is 0. The van der Waals surface area contributed by atoms with Crippen molar-refractivity contribution >= 4 is 11.8 Å². The minimum absolute atomic E-state index is 0.000770. The van der Waals surface area contributed by atoms with Crippen LogP contribution in [0.4, 0.5) is 0 Å². The van der Waals surface area contributed by atoms with Crippen molar-refractivity contribution in [2.24, 2.45) is 5.41 Å². The molecule has 2 rings (SSSR count). The van der Waals surface area contributed by atoms with Crippen LogP contribution in [0.3, 0.4) is 0 Å². The number of likely N-dealkylation sites (tertiary alicyclic amines) is 1. The largest absolute Gasteiger partial charge is 0.347 e. The molecule has 17 heavy (non-hydrogen) atoms. The first-order chi connectivity index (χ1) is 8.05. The lowest BCUT2D eigenvalue weighted by molar-refractivity contribution is -0.142. The van der Waals surface area contributed by atoms with E-state index < -0.39 is 0 Å². The zero-order valence-electron chi connectivity index (χ0n) is 10.7. The van der Waals surface area contributed by atoms with Crippen LogP contribution in [0.25, 0.3) is 0 Å². The number of nitrogens with zero attached hydrogens (tertiary/aromatic N) is 2.